The number of rotatable bonds is 8. The van der Waals surface area contributed by atoms with Crippen molar-refractivity contribution in [2.45, 2.75) is 34.1 Å². The van der Waals surface area contributed by atoms with E-state index in [0.717, 1.165) is 13.0 Å². The fourth-order valence-electron chi connectivity index (χ4n) is 2.40. The Balaban J connectivity index is 2.18. The highest BCUT2D eigenvalue weighted by atomic mass is 16.5. The number of hydrogen-bond donors (Lipinski definition) is 2. The smallest absolute Gasteiger partial charge is 0.307 e. The molecule has 0 aliphatic heterocycles. The molecule has 110 valence electrons. The van der Waals surface area contributed by atoms with Crippen LogP contribution in [-0.4, -0.2) is 36.7 Å². The molecule has 5 nitrogen and oxygen atoms in total. The first-order valence-electron chi connectivity index (χ1n) is 6.86. The van der Waals surface area contributed by atoms with E-state index >= 15 is 0 Å². The highest BCUT2D eigenvalue weighted by molar-refractivity contribution is 5.91. The van der Waals surface area contributed by atoms with E-state index in [1.807, 2.05) is 13.8 Å². The molecule has 1 rings (SSSR count). The molecule has 1 amide bonds. The van der Waals surface area contributed by atoms with Crippen molar-refractivity contribution < 1.29 is 19.4 Å². The maximum absolute atomic E-state index is 11.9. The van der Waals surface area contributed by atoms with Crippen LogP contribution in [0.25, 0.3) is 0 Å². The molecule has 1 fully saturated rings. The van der Waals surface area contributed by atoms with Gasteiger partial charge < -0.3 is 15.2 Å². The van der Waals surface area contributed by atoms with Crippen LogP contribution in [0.15, 0.2) is 0 Å². The zero-order chi connectivity index (χ0) is 14.6. The summed E-state index contributed by atoms with van der Waals surface area (Å²) in [5.74, 6) is -1.48. The van der Waals surface area contributed by atoms with Crippen LogP contribution in [0.5, 0.6) is 0 Å². The van der Waals surface area contributed by atoms with Crippen molar-refractivity contribution in [2.24, 2.45) is 23.2 Å². The predicted molar refractivity (Wildman–Crippen MR) is 71.7 cm³/mol. The van der Waals surface area contributed by atoms with Crippen LogP contribution in [0.2, 0.25) is 0 Å². The van der Waals surface area contributed by atoms with E-state index in [9.17, 15) is 9.59 Å². The van der Waals surface area contributed by atoms with Gasteiger partial charge in [-0.3, -0.25) is 9.59 Å². The van der Waals surface area contributed by atoms with Gasteiger partial charge in [0.2, 0.25) is 5.91 Å². The SMILES string of the molecule is CC(C)COCCCNC(=O)[C@H]1[C@@H](C(=O)O)C1(C)C. The van der Waals surface area contributed by atoms with Crippen LogP contribution < -0.4 is 5.32 Å². The zero-order valence-electron chi connectivity index (χ0n) is 12.2. The molecule has 0 heterocycles. The second-order valence-corrected chi connectivity index (χ2v) is 6.23. The highest BCUT2D eigenvalue weighted by Gasteiger charge is 2.65. The number of amides is 1. The van der Waals surface area contributed by atoms with Gasteiger partial charge in [0.25, 0.3) is 0 Å². The van der Waals surface area contributed by atoms with Crippen LogP contribution >= 0.6 is 0 Å². The van der Waals surface area contributed by atoms with Crippen LogP contribution in [0.1, 0.15) is 34.1 Å². The Morgan fingerprint density at radius 3 is 2.42 bits per heavy atom. The minimum absolute atomic E-state index is 0.152. The molecular weight excluding hydrogens is 246 g/mol. The largest absolute Gasteiger partial charge is 0.481 e. The van der Waals surface area contributed by atoms with Crippen LogP contribution in [0.4, 0.5) is 0 Å². The topological polar surface area (TPSA) is 75.6 Å². The lowest BCUT2D eigenvalue weighted by atomic mass is 10.1. The minimum atomic E-state index is -0.884. The summed E-state index contributed by atoms with van der Waals surface area (Å²) in [5, 5.41) is 11.8. The Morgan fingerprint density at radius 1 is 1.32 bits per heavy atom. The molecule has 2 atom stereocenters. The van der Waals surface area contributed by atoms with Crippen molar-refractivity contribution in [1.29, 1.82) is 0 Å². The molecule has 5 heteroatoms. The van der Waals surface area contributed by atoms with Crippen LogP contribution in [0, 0.1) is 23.2 Å². The summed E-state index contributed by atoms with van der Waals surface area (Å²) in [7, 11) is 0. The molecule has 0 aromatic heterocycles. The highest BCUT2D eigenvalue weighted by Crippen LogP contribution is 2.58. The number of aliphatic carboxylic acids is 1. The van der Waals surface area contributed by atoms with E-state index in [4.69, 9.17) is 9.84 Å². The van der Waals surface area contributed by atoms with E-state index in [-0.39, 0.29) is 5.91 Å². The van der Waals surface area contributed by atoms with Gasteiger partial charge in [-0.2, -0.15) is 0 Å². The normalized spacial score (nSPS) is 24.3. The summed E-state index contributed by atoms with van der Waals surface area (Å²) < 4.78 is 5.41. The Bertz CT molecular complexity index is 338. The van der Waals surface area contributed by atoms with Gasteiger partial charge in [-0.25, -0.2) is 0 Å². The molecule has 0 saturated heterocycles. The first kappa shape index (κ1) is 16.0. The summed E-state index contributed by atoms with van der Waals surface area (Å²) in [4.78, 5) is 22.8. The van der Waals surface area contributed by atoms with Gasteiger partial charge >= 0.3 is 5.97 Å². The van der Waals surface area contributed by atoms with E-state index in [2.05, 4.69) is 19.2 Å². The summed E-state index contributed by atoms with van der Waals surface area (Å²) in [5.41, 5.74) is -0.427. The van der Waals surface area contributed by atoms with Crippen molar-refractivity contribution in [3.63, 3.8) is 0 Å². The Morgan fingerprint density at radius 2 is 1.95 bits per heavy atom. The molecule has 0 spiro atoms. The number of carbonyl (C=O) groups is 2. The number of carboxylic acids is 1. The lowest BCUT2D eigenvalue weighted by molar-refractivity contribution is -0.140. The lowest BCUT2D eigenvalue weighted by Gasteiger charge is -2.08. The van der Waals surface area contributed by atoms with Gasteiger partial charge in [-0.15, -0.1) is 0 Å². The summed E-state index contributed by atoms with van der Waals surface area (Å²) >= 11 is 0. The molecule has 19 heavy (non-hydrogen) atoms. The Labute approximate surface area is 114 Å². The summed E-state index contributed by atoms with van der Waals surface area (Å²) in [6, 6.07) is 0. The molecule has 1 aliphatic carbocycles. The van der Waals surface area contributed by atoms with Crippen molar-refractivity contribution in [3.8, 4) is 0 Å². The first-order chi connectivity index (χ1) is 8.78. The zero-order valence-corrected chi connectivity index (χ0v) is 12.2. The average molecular weight is 271 g/mol. The Kier molecular flexibility index (Phi) is 5.35. The molecule has 2 N–H and O–H groups in total. The number of ether oxygens (including phenoxy) is 1. The van der Waals surface area contributed by atoms with Crippen molar-refractivity contribution >= 4 is 11.9 Å². The maximum Gasteiger partial charge on any atom is 0.307 e. The van der Waals surface area contributed by atoms with Gasteiger partial charge in [0.05, 0.1) is 11.8 Å². The molecular formula is C14H25NO4. The molecule has 0 aromatic carbocycles. The van der Waals surface area contributed by atoms with E-state index in [1.54, 1.807) is 0 Å². The third-order valence-electron chi connectivity index (χ3n) is 3.59. The average Bonchev–Trinajstić information content (AvgIpc) is 2.86. The van der Waals surface area contributed by atoms with Crippen molar-refractivity contribution in [3.05, 3.63) is 0 Å². The number of carbonyl (C=O) groups excluding carboxylic acids is 1. The predicted octanol–water partition coefficient (Wildman–Crippen LogP) is 1.52. The van der Waals surface area contributed by atoms with E-state index < -0.39 is 23.2 Å². The molecule has 0 radical (unpaired) electrons. The summed E-state index contributed by atoms with van der Waals surface area (Å²) in [6.07, 6.45) is 0.753. The quantitative estimate of drug-likeness (QED) is 0.656. The van der Waals surface area contributed by atoms with Crippen LogP contribution in [0.3, 0.4) is 0 Å². The second kappa shape index (κ2) is 6.37. The third kappa shape index (κ3) is 4.20. The Hall–Kier alpha value is -1.10. The summed E-state index contributed by atoms with van der Waals surface area (Å²) in [6.45, 7) is 9.70. The van der Waals surface area contributed by atoms with E-state index in [0.29, 0.717) is 19.1 Å². The molecule has 0 aromatic rings. The van der Waals surface area contributed by atoms with Gasteiger partial charge in [0.15, 0.2) is 0 Å². The first-order valence-corrected chi connectivity index (χ1v) is 6.86. The molecule has 0 unspecified atom stereocenters. The minimum Gasteiger partial charge on any atom is -0.481 e. The maximum atomic E-state index is 11.9. The lowest BCUT2D eigenvalue weighted by Crippen LogP contribution is -2.29. The number of carboxylic acid groups (broad SMARTS) is 1. The number of nitrogens with one attached hydrogen (secondary N) is 1. The van der Waals surface area contributed by atoms with Crippen molar-refractivity contribution in [2.75, 3.05) is 19.8 Å². The second-order valence-electron chi connectivity index (χ2n) is 6.23. The fraction of sp³-hybridized carbons (Fsp3) is 0.857. The van der Waals surface area contributed by atoms with Gasteiger partial charge in [0, 0.05) is 19.8 Å². The number of hydrogen-bond acceptors (Lipinski definition) is 3. The molecule has 1 aliphatic rings. The molecule has 0 bridgehead atoms. The monoisotopic (exact) mass is 271 g/mol. The standard InChI is InChI=1S/C14H25NO4/c1-9(2)8-19-7-5-6-15-12(16)10-11(13(17)18)14(10,3)4/h9-11H,5-8H2,1-4H3,(H,15,16)(H,17,18)/t10-,11+/m1/s1. The fourth-order valence-corrected chi connectivity index (χ4v) is 2.40. The molecule has 1 saturated carbocycles. The van der Waals surface area contributed by atoms with Gasteiger partial charge in [0.1, 0.15) is 0 Å². The van der Waals surface area contributed by atoms with Crippen LogP contribution in [-0.2, 0) is 14.3 Å². The van der Waals surface area contributed by atoms with E-state index in [1.165, 1.54) is 0 Å². The van der Waals surface area contributed by atoms with Crippen molar-refractivity contribution in [1.82, 2.24) is 5.32 Å². The van der Waals surface area contributed by atoms with Gasteiger partial charge in [-0.05, 0) is 17.8 Å². The van der Waals surface area contributed by atoms with Gasteiger partial charge in [-0.1, -0.05) is 27.7 Å². The third-order valence-corrected chi connectivity index (χ3v) is 3.59.